The van der Waals surface area contributed by atoms with Crippen LogP contribution in [0, 0.1) is 0 Å². The molecule has 58 valence electrons. The maximum absolute atomic E-state index is 10.8. The van der Waals surface area contributed by atoms with E-state index in [0.29, 0.717) is 13.2 Å². The monoisotopic (exact) mass is 144 g/mol. The maximum atomic E-state index is 10.8. The Kier molecular flexibility index (Phi) is 2.68. The van der Waals surface area contributed by atoms with E-state index in [4.69, 9.17) is 9.47 Å². The summed E-state index contributed by atoms with van der Waals surface area (Å²) in [5.74, 6) is -0.236. The number of esters is 1. The first-order valence-corrected chi connectivity index (χ1v) is 3.59. The molecule has 0 aromatic carbocycles. The summed E-state index contributed by atoms with van der Waals surface area (Å²) in [6, 6.07) is 0. The summed E-state index contributed by atoms with van der Waals surface area (Å²) in [6.07, 6.45) is 1.52. The molecule has 0 bridgehead atoms. The molecular formula is C7H12O3. The van der Waals surface area contributed by atoms with E-state index in [0.717, 1.165) is 12.8 Å². The van der Waals surface area contributed by atoms with Crippen LogP contribution in [-0.4, -0.2) is 25.3 Å². The van der Waals surface area contributed by atoms with Crippen LogP contribution >= 0.6 is 0 Å². The van der Waals surface area contributed by atoms with Crippen LogP contribution in [0.4, 0.5) is 0 Å². The normalized spacial score (nSPS) is 28.5. The van der Waals surface area contributed by atoms with Gasteiger partial charge in [-0.1, -0.05) is 0 Å². The summed E-state index contributed by atoms with van der Waals surface area (Å²) in [5.41, 5.74) is 0. The van der Waals surface area contributed by atoms with Gasteiger partial charge < -0.3 is 9.47 Å². The average Bonchev–Trinajstić information content (AvgIpc) is 1.92. The molecule has 0 N–H and O–H groups in total. The maximum Gasteiger partial charge on any atom is 0.334 e. The van der Waals surface area contributed by atoms with Crippen LogP contribution in [0.2, 0.25) is 0 Å². The SMILES string of the molecule is CC1OCCCCOC1=O. The first kappa shape index (κ1) is 7.54. The lowest BCUT2D eigenvalue weighted by atomic mass is 10.3. The fraction of sp³-hybridized carbons (Fsp3) is 0.857. The fourth-order valence-corrected chi connectivity index (χ4v) is 0.822. The first-order chi connectivity index (χ1) is 4.80. The van der Waals surface area contributed by atoms with Crippen LogP contribution in [0.1, 0.15) is 19.8 Å². The second-order valence-electron chi connectivity index (χ2n) is 2.39. The number of carbonyl (C=O) groups is 1. The number of hydrogen-bond donors (Lipinski definition) is 0. The van der Waals surface area contributed by atoms with E-state index in [1.54, 1.807) is 6.92 Å². The number of cyclic esters (lactones) is 1. The van der Waals surface area contributed by atoms with Gasteiger partial charge in [0.2, 0.25) is 0 Å². The summed E-state index contributed by atoms with van der Waals surface area (Å²) in [5, 5.41) is 0. The van der Waals surface area contributed by atoms with E-state index in [1.807, 2.05) is 0 Å². The highest BCUT2D eigenvalue weighted by molar-refractivity contribution is 5.74. The highest BCUT2D eigenvalue weighted by Crippen LogP contribution is 2.02. The Balaban J connectivity index is 2.35. The quantitative estimate of drug-likeness (QED) is 0.470. The molecule has 10 heavy (non-hydrogen) atoms. The molecule has 1 unspecified atom stereocenters. The Morgan fingerprint density at radius 1 is 1.40 bits per heavy atom. The summed E-state index contributed by atoms with van der Waals surface area (Å²) < 4.78 is 9.95. The molecule has 0 aliphatic carbocycles. The zero-order valence-electron chi connectivity index (χ0n) is 6.13. The molecule has 0 radical (unpaired) electrons. The summed E-state index contributed by atoms with van der Waals surface area (Å²) in [4.78, 5) is 10.8. The van der Waals surface area contributed by atoms with Gasteiger partial charge in [-0.3, -0.25) is 0 Å². The van der Waals surface area contributed by atoms with E-state index in [2.05, 4.69) is 0 Å². The zero-order valence-corrected chi connectivity index (χ0v) is 6.13. The zero-order chi connectivity index (χ0) is 7.40. The number of hydrogen-bond acceptors (Lipinski definition) is 3. The van der Waals surface area contributed by atoms with Gasteiger partial charge in [0.15, 0.2) is 6.10 Å². The highest BCUT2D eigenvalue weighted by Gasteiger charge is 2.16. The van der Waals surface area contributed by atoms with Gasteiger partial charge >= 0.3 is 5.97 Å². The van der Waals surface area contributed by atoms with Crippen molar-refractivity contribution in [3.8, 4) is 0 Å². The average molecular weight is 144 g/mol. The smallest absolute Gasteiger partial charge is 0.334 e. The van der Waals surface area contributed by atoms with Crippen molar-refractivity contribution in [1.82, 2.24) is 0 Å². The van der Waals surface area contributed by atoms with E-state index in [-0.39, 0.29) is 12.1 Å². The Morgan fingerprint density at radius 2 is 2.10 bits per heavy atom. The van der Waals surface area contributed by atoms with Gasteiger partial charge in [0.25, 0.3) is 0 Å². The molecular weight excluding hydrogens is 132 g/mol. The molecule has 1 saturated heterocycles. The predicted octanol–water partition coefficient (Wildman–Crippen LogP) is 0.728. The molecule has 0 saturated carbocycles. The van der Waals surface area contributed by atoms with Crippen molar-refractivity contribution in [2.45, 2.75) is 25.9 Å². The van der Waals surface area contributed by atoms with Crippen molar-refractivity contribution in [1.29, 1.82) is 0 Å². The van der Waals surface area contributed by atoms with E-state index < -0.39 is 0 Å². The van der Waals surface area contributed by atoms with Gasteiger partial charge in [0.1, 0.15) is 0 Å². The minimum absolute atomic E-state index is 0.236. The lowest BCUT2D eigenvalue weighted by molar-refractivity contribution is -0.158. The molecule has 1 fully saturated rings. The molecule has 0 spiro atoms. The van der Waals surface area contributed by atoms with Gasteiger partial charge in [-0.05, 0) is 19.8 Å². The van der Waals surface area contributed by atoms with Crippen LogP contribution in [-0.2, 0) is 14.3 Å². The van der Waals surface area contributed by atoms with E-state index >= 15 is 0 Å². The minimum Gasteiger partial charge on any atom is -0.464 e. The second-order valence-corrected chi connectivity index (χ2v) is 2.39. The van der Waals surface area contributed by atoms with Gasteiger partial charge in [-0.2, -0.15) is 0 Å². The van der Waals surface area contributed by atoms with Crippen molar-refractivity contribution in [2.75, 3.05) is 13.2 Å². The van der Waals surface area contributed by atoms with E-state index in [9.17, 15) is 4.79 Å². The van der Waals surface area contributed by atoms with Crippen molar-refractivity contribution < 1.29 is 14.3 Å². The summed E-state index contributed by atoms with van der Waals surface area (Å²) >= 11 is 0. The summed E-state index contributed by atoms with van der Waals surface area (Å²) in [6.45, 7) is 2.94. The summed E-state index contributed by atoms with van der Waals surface area (Å²) in [7, 11) is 0. The predicted molar refractivity (Wildman–Crippen MR) is 35.6 cm³/mol. The highest BCUT2D eigenvalue weighted by atomic mass is 16.6. The molecule has 1 heterocycles. The molecule has 1 aliphatic heterocycles. The van der Waals surface area contributed by atoms with Crippen LogP contribution < -0.4 is 0 Å². The van der Waals surface area contributed by atoms with Crippen LogP contribution in [0.15, 0.2) is 0 Å². The largest absolute Gasteiger partial charge is 0.464 e. The molecule has 3 heteroatoms. The van der Waals surface area contributed by atoms with Crippen molar-refractivity contribution in [3.05, 3.63) is 0 Å². The molecule has 1 aliphatic rings. The molecule has 0 aromatic rings. The molecule has 1 atom stereocenters. The third-order valence-corrected chi connectivity index (χ3v) is 1.48. The Hall–Kier alpha value is -0.570. The van der Waals surface area contributed by atoms with Crippen molar-refractivity contribution >= 4 is 5.97 Å². The third kappa shape index (κ3) is 1.99. The van der Waals surface area contributed by atoms with Crippen LogP contribution in [0.3, 0.4) is 0 Å². The van der Waals surface area contributed by atoms with Gasteiger partial charge in [0, 0.05) is 6.61 Å². The van der Waals surface area contributed by atoms with Crippen molar-refractivity contribution in [2.24, 2.45) is 0 Å². The number of rotatable bonds is 0. The molecule has 0 aromatic heterocycles. The van der Waals surface area contributed by atoms with Gasteiger partial charge in [-0.15, -0.1) is 0 Å². The van der Waals surface area contributed by atoms with Gasteiger partial charge in [-0.25, -0.2) is 4.79 Å². The van der Waals surface area contributed by atoms with Gasteiger partial charge in [0.05, 0.1) is 6.61 Å². The lowest BCUT2D eigenvalue weighted by Gasteiger charge is -2.15. The number of carbonyl (C=O) groups excluding carboxylic acids is 1. The Labute approximate surface area is 60.3 Å². The minimum atomic E-state index is -0.375. The number of ether oxygens (including phenoxy) is 2. The third-order valence-electron chi connectivity index (χ3n) is 1.48. The van der Waals surface area contributed by atoms with Crippen molar-refractivity contribution in [3.63, 3.8) is 0 Å². The lowest BCUT2D eigenvalue weighted by Crippen LogP contribution is -2.26. The molecule has 3 nitrogen and oxygen atoms in total. The molecule has 0 amide bonds. The molecule has 1 rings (SSSR count). The van der Waals surface area contributed by atoms with Crippen LogP contribution in [0.5, 0.6) is 0 Å². The second kappa shape index (κ2) is 3.56. The Bertz CT molecular complexity index is 122. The standard InChI is InChI=1S/C7H12O3/c1-6-7(8)10-5-3-2-4-9-6/h6H,2-5H2,1H3. The first-order valence-electron chi connectivity index (χ1n) is 3.59. The Morgan fingerprint density at radius 3 is 2.90 bits per heavy atom. The van der Waals surface area contributed by atoms with E-state index in [1.165, 1.54) is 0 Å². The van der Waals surface area contributed by atoms with Crippen LogP contribution in [0.25, 0.3) is 0 Å². The topological polar surface area (TPSA) is 35.5 Å². The fourth-order valence-electron chi connectivity index (χ4n) is 0.822.